The SMILES string of the molecule is CC1(C)c2ccc(N(c3ccc(-c4cccc5c4sc4ccccc45)cc3)c3ccc4ccccc4c3-c3cccc4ccccc34)cc2-c2cc3ccccc3cc21. The van der Waals surface area contributed by atoms with Crippen LogP contribution in [-0.4, -0.2) is 0 Å². The highest BCUT2D eigenvalue weighted by Gasteiger charge is 2.36. The molecule has 0 spiro atoms. The van der Waals surface area contributed by atoms with Gasteiger partial charge in [-0.1, -0.05) is 166 Å². The quantitative estimate of drug-likeness (QED) is 0.169. The summed E-state index contributed by atoms with van der Waals surface area (Å²) in [7, 11) is 0. The van der Waals surface area contributed by atoms with Crippen LogP contribution in [0.15, 0.2) is 200 Å². The zero-order chi connectivity index (χ0) is 39.2. The lowest BCUT2D eigenvalue weighted by Crippen LogP contribution is -2.15. The van der Waals surface area contributed by atoms with Crippen LogP contribution in [-0.2, 0) is 5.41 Å². The predicted octanol–water partition coefficient (Wildman–Crippen LogP) is 16.6. The molecule has 10 aromatic carbocycles. The van der Waals surface area contributed by atoms with Crippen LogP contribution in [0.1, 0.15) is 25.0 Å². The third kappa shape index (κ3) is 5.23. The second-order valence-electron chi connectivity index (χ2n) is 16.5. The molecule has 0 saturated carbocycles. The van der Waals surface area contributed by atoms with Gasteiger partial charge in [0.05, 0.1) is 5.69 Å². The summed E-state index contributed by atoms with van der Waals surface area (Å²) in [6, 6.07) is 74.5. The van der Waals surface area contributed by atoms with Gasteiger partial charge in [-0.25, -0.2) is 0 Å². The monoisotopic (exact) mass is 769 g/mol. The van der Waals surface area contributed by atoms with Gasteiger partial charge < -0.3 is 4.90 Å². The number of rotatable bonds is 5. The van der Waals surface area contributed by atoms with Crippen molar-refractivity contribution in [3.8, 4) is 33.4 Å². The average Bonchev–Trinajstić information content (AvgIpc) is 3.77. The van der Waals surface area contributed by atoms with Gasteiger partial charge in [0, 0.05) is 42.5 Å². The lowest BCUT2D eigenvalue weighted by molar-refractivity contribution is 0.661. The Kier molecular flexibility index (Phi) is 7.51. The summed E-state index contributed by atoms with van der Waals surface area (Å²) in [5, 5.41) is 10.1. The fraction of sp³-hybridized carbons (Fsp3) is 0.0526. The van der Waals surface area contributed by atoms with Gasteiger partial charge in [-0.15, -0.1) is 11.3 Å². The van der Waals surface area contributed by atoms with E-state index in [4.69, 9.17) is 0 Å². The van der Waals surface area contributed by atoms with Crippen LogP contribution in [0.2, 0.25) is 0 Å². The highest BCUT2D eigenvalue weighted by Crippen LogP contribution is 2.53. The van der Waals surface area contributed by atoms with Crippen LogP contribution in [0.4, 0.5) is 17.1 Å². The smallest absolute Gasteiger partial charge is 0.0546 e. The zero-order valence-electron chi connectivity index (χ0n) is 32.9. The summed E-state index contributed by atoms with van der Waals surface area (Å²) in [5.41, 5.74) is 13.6. The third-order valence-corrected chi connectivity index (χ3v) is 14.1. The molecule has 1 heterocycles. The van der Waals surface area contributed by atoms with Gasteiger partial charge in [0.1, 0.15) is 0 Å². The van der Waals surface area contributed by atoms with E-state index in [1.165, 1.54) is 97.0 Å². The van der Waals surface area contributed by atoms with Gasteiger partial charge in [-0.3, -0.25) is 0 Å². The van der Waals surface area contributed by atoms with E-state index in [2.05, 4.69) is 219 Å². The van der Waals surface area contributed by atoms with E-state index in [-0.39, 0.29) is 5.41 Å². The predicted molar refractivity (Wildman–Crippen MR) is 255 cm³/mol. The van der Waals surface area contributed by atoms with Crippen molar-refractivity contribution in [3.63, 3.8) is 0 Å². The van der Waals surface area contributed by atoms with Crippen molar-refractivity contribution in [2.24, 2.45) is 0 Å². The molecule has 0 bridgehead atoms. The second kappa shape index (κ2) is 13.0. The Morgan fingerprint density at radius 1 is 0.390 bits per heavy atom. The van der Waals surface area contributed by atoms with E-state index in [1.54, 1.807) is 0 Å². The van der Waals surface area contributed by atoms with Crippen molar-refractivity contribution in [2.75, 3.05) is 4.90 Å². The topological polar surface area (TPSA) is 3.24 Å². The molecule has 1 aliphatic rings. The van der Waals surface area contributed by atoms with Crippen molar-refractivity contribution in [2.45, 2.75) is 19.3 Å². The minimum atomic E-state index is -0.121. The van der Waals surface area contributed by atoms with E-state index in [9.17, 15) is 0 Å². The molecule has 0 N–H and O–H groups in total. The van der Waals surface area contributed by atoms with Gasteiger partial charge in [0.15, 0.2) is 0 Å². The first-order valence-electron chi connectivity index (χ1n) is 20.5. The highest BCUT2D eigenvalue weighted by molar-refractivity contribution is 7.26. The first-order chi connectivity index (χ1) is 29.0. The zero-order valence-corrected chi connectivity index (χ0v) is 33.7. The van der Waals surface area contributed by atoms with E-state index < -0.39 is 0 Å². The van der Waals surface area contributed by atoms with E-state index in [1.807, 2.05) is 11.3 Å². The van der Waals surface area contributed by atoms with Crippen LogP contribution in [0.5, 0.6) is 0 Å². The van der Waals surface area contributed by atoms with Crippen molar-refractivity contribution >= 4 is 80.9 Å². The number of hydrogen-bond acceptors (Lipinski definition) is 2. The summed E-state index contributed by atoms with van der Waals surface area (Å²) in [4.78, 5) is 2.50. The first kappa shape index (κ1) is 34.1. The molecule has 0 fully saturated rings. The Morgan fingerprint density at radius 3 is 1.80 bits per heavy atom. The largest absolute Gasteiger partial charge is 0.310 e. The summed E-state index contributed by atoms with van der Waals surface area (Å²) in [6.07, 6.45) is 0. The number of fused-ring (bicyclic) bond motifs is 9. The molecule has 1 nitrogen and oxygen atoms in total. The molecule has 0 unspecified atom stereocenters. The molecule has 1 aromatic heterocycles. The molecule has 11 aromatic rings. The molecule has 278 valence electrons. The number of benzene rings is 10. The van der Waals surface area contributed by atoms with Gasteiger partial charge in [-0.05, 0) is 120 Å². The van der Waals surface area contributed by atoms with Crippen molar-refractivity contribution < 1.29 is 0 Å². The second-order valence-corrected chi connectivity index (χ2v) is 17.5. The Hall–Kier alpha value is -7.00. The first-order valence-corrected chi connectivity index (χ1v) is 21.3. The fourth-order valence-electron chi connectivity index (χ4n) is 9.93. The highest BCUT2D eigenvalue weighted by atomic mass is 32.1. The van der Waals surface area contributed by atoms with E-state index >= 15 is 0 Å². The van der Waals surface area contributed by atoms with Gasteiger partial charge in [-0.2, -0.15) is 0 Å². The molecular formula is C57H39NS. The lowest BCUT2D eigenvalue weighted by Gasteiger charge is -2.30. The maximum Gasteiger partial charge on any atom is 0.0546 e. The van der Waals surface area contributed by atoms with E-state index in [0.717, 1.165) is 17.1 Å². The number of anilines is 3. The molecule has 2 heteroatoms. The maximum absolute atomic E-state index is 2.50. The lowest BCUT2D eigenvalue weighted by atomic mass is 9.82. The number of hydrogen-bond donors (Lipinski definition) is 0. The standard InChI is InChI=1S/C57H39NS/c1-57(2)51-31-30-42(35-50(51)49-33-39-15-3-4-16-40(39)34-52(49)57)58(41-28-25-38(26-29-41)45-21-12-23-48-46-20-9-10-24-54(46)59-56(45)48)53-32-27-37-14-6-8-19-44(37)55(53)47-22-11-17-36-13-5-7-18-43(36)47/h3-35H,1-2H3. The minimum Gasteiger partial charge on any atom is -0.310 e. The fourth-order valence-corrected chi connectivity index (χ4v) is 11.2. The molecule has 1 aliphatic carbocycles. The van der Waals surface area contributed by atoms with Gasteiger partial charge in [0.25, 0.3) is 0 Å². The summed E-state index contributed by atoms with van der Waals surface area (Å²) >= 11 is 1.88. The van der Waals surface area contributed by atoms with E-state index in [0.29, 0.717) is 0 Å². The summed E-state index contributed by atoms with van der Waals surface area (Å²) < 4.78 is 2.66. The molecule has 12 rings (SSSR count). The molecule has 0 atom stereocenters. The van der Waals surface area contributed by atoms with Gasteiger partial charge in [0.2, 0.25) is 0 Å². The van der Waals surface area contributed by atoms with Crippen LogP contribution in [0.3, 0.4) is 0 Å². The van der Waals surface area contributed by atoms with Crippen molar-refractivity contribution in [1.82, 2.24) is 0 Å². The van der Waals surface area contributed by atoms with Crippen LogP contribution in [0, 0.1) is 0 Å². The van der Waals surface area contributed by atoms with Crippen molar-refractivity contribution in [1.29, 1.82) is 0 Å². The minimum absolute atomic E-state index is 0.121. The number of thiophene rings is 1. The number of nitrogens with zero attached hydrogens (tertiary/aromatic N) is 1. The van der Waals surface area contributed by atoms with Crippen LogP contribution in [0.25, 0.3) is 85.9 Å². The maximum atomic E-state index is 2.50. The average molecular weight is 770 g/mol. The van der Waals surface area contributed by atoms with Crippen LogP contribution < -0.4 is 4.90 Å². The van der Waals surface area contributed by atoms with Gasteiger partial charge >= 0.3 is 0 Å². The summed E-state index contributed by atoms with van der Waals surface area (Å²) in [5.74, 6) is 0. The Labute approximate surface area is 348 Å². The third-order valence-electron chi connectivity index (χ3n) is 12.8. The molecule has 0 radical (unpaired) electrons. The summed E-state index contributed by atoms with van der Waals surface area (Å²) in [6.45, 7) is 4.75. The normalized spacial score (nSPS) is 13.1. The Balaban J connectivity index is 1.10. The van der Waals surface area contributed by atoms with Crippen LogP contribution >= 0.6 is 11.3 Å². The molecule has 59 heavy (non-hydrogen) atoms. The Morgan fingerprint density at radius 2 is 0.983 bits per heavy atom. The molecule has 0 amide bonds. The van der Waals surface area contributed by atoms with Crippen molar-refractivity contribution in [3.05, 3.63) is 211 Å². The molecular weight excluding hydrogens is 731 g/mol. The Bertz CT molecular complexity index is 3470. The molecule has 0 aliphatic heterocycles. The molecule has 0 saturated heterocycles.